The van der Waals surface area contributed by atoms with E-state index in [0.29, 0.717) is 37.1 Å². The molecule has 9 heteroatoms. The number of methoxy groups -OCH3 is 2. The minimum Gasteiger partial charge on any atom is -0.493 e. The Kier molecular flexibility index (Phi) is 13.2. The molecule has 0 saturated carbocycles. The molecule has 0 aliphatic carbocycles. The van der Waals surface area contributed by atoms with Crippen LogP contribution in [-0.2, 0) is 41.8 Å². The molecule has 0 radical (unpaired) electrons. The van der Waals surface area contributed by atoms with Gasteiger partial charge in [-0.3, -0.25) is 4.79 Å². The van der Waals surface area contributed by atoms with E-state index in [4.69, 9.17) is 33.2 Å². The van der Waals surface area contributed by atoms with Crippen LogP contribution in [-0.4, -0.2) is 46.8 Å². The number of fused-ring (bicyclic) bond motifs is 5. The molecule has 0 N–H and O–H groups in total. The third-order valence-corrected chi connectivity index (χ3v) is 10.7. The minimum absolute atomic E-state index is 0.112. The van der Waals surface area contributed by atoms with Crippen LogP contribution >= 0.6 is 0 Å². The van der Waals surface area contributed by atoms with E-state index in [-0.39, 0.29) is 19.2 Å². The Morgan fingerprint density at radius 2 is 1.53 bits per heavy atom. The fourth-order valence-electron chi connectivity index (χ4n) is 7.95. The molecule has 7 rings (SSSR count). The molecule has 0 saturated heterocycles. The zero-order chi connectivity index (χ0) is 40.4. The number of hydrogen-bond donors (Lipinski definition) is 0. The van der Waals surface area contributed by atoms with E-state index >= 15 is 0 Å². The zero-order valence-electron chi connectivity index (χ0n) is 34.0. The highest BCUT2D eigenvalue weighted by molar-refractivity contribution is 5.97. The van der Waals surface area contributed by atoms with Crippen LogP contribution in [0, 0.1) is 0 Å². The maximum Gasteiger partial charge on any atom is 0.310 e. The van der Waals surface area contributed by atoms with Crippen molar-refractivity contribution in [2.45, 2.75) is 71.3 Å². The standard InChI is InChI=1S/C49H54NO8/c1-6-13-33-15-18-43(38(26-33)34-16-19-42(54-23-8-3)36(27-34)14-7-2)55-24-11-9-10-12-25-56-47(51)30-40-37-17-20-44(52-4)49(53-5)41(37)31-50-22-21-35-28-45-46(58-32-57-45)29-39(35)48(40)50/h6-7,15-20,26-29,31H,1-2,8-14,21-25,30,32H2,3-5H3/q+1. The fraction of sp³-hybridized carbons (Fsp3) is 0.347. The monoisotopic (exact) mass is 784 g/mol. The molecule has 0 amide bonds. The van der Waals surface area contributed by atoms with Crippen LogP contribution in [0.4, 0.5) is 0 Å². The second kappa shape index (κ2) is 19.0. The summed E-state index contributed by atoms with van der Waals surface area (Å²) in [4.78, 5) is 13.6. The number of aromatic nitrogens is 1. The first-order valence-electron chi connectivity index (χ1n) is 20.4. The summed E-state index contributed by atoms with van der Waals surface area (Å²) in [6, 6.07) is 20.7. The Morgan fingerprint density at radius 3 is 2.31 bits per heavy atom. The van der Waals surface area contributed by atoms with Gasteiger partial charge in [0.15, 0.2) is 35.7 Å². The maximum atomic E-state index is 13.6. The van der Waals surface area contributed by atoms with Gasteiger partial charge < -0.3 is 33.2 Å². The number of carbonyl (C=O) groups is 1. The summed E-state index contributed by atoms with van der Waals surface area (Å²) in [5, 5.41) is 1.80. The number of hydrogen-bond acceptors (Lipinski definition) is 8. The number of ether oxygens (including phenoxy) is 7. The van der Waals surface area contributed by atoms with Crippen molar-refractivity contribution < 1.29 is 42.5 Å². The molecule has 2 aliphatic rings. The lowest BCUT2D eigenvalue weighted by Crippen LogP contribution is -2.41. The van der Waals surface area contributed by atoms with Crippen molar-refractivity contribution in [3.8, 4) is 56.9 Å². The summed E-state index contributed by atoms with van der Waals surface area (Å²) in [6.45, 7) is 12.6. The zero-order valence-corrected chi connectivity index (χ0v) is 34.0. The fourth-order valence-corrected chi connectivity index (χ4v) is 7.95. The molecule has 9 nitrogen and oxygen atoms in total. The lowest BCUT2D eigenvalue weighted by atomic mass is 9.90. The molecule has 1 aromatic heterocycles. The number of rotatable bonds is 20. The predicted molar refractivity (Wildman–Crippen MR) is 227 cm³/mol. The topological polar surface area (TPSA) is 85.6 Å². The Bertz CT molecular complexity index is 2300. The number of carbonyl (C=O) groups excluding carboxylic acids is 1. The number of allylic oxidation sites excluding steroid dienone is 2. The van der Waals surface area contributed by atoms with E-state index in [0.717, 1.165) is 125 Å². The van der Waals surface area contributed by atoms with Gasteiger partial charge in [-0.25, -0.2) is 0 Å². The number of unbranched alkanes of at least 4 members (excludes halogenated alkanes) is 3. The van der Waals surface area contributed by atoms with Gasteiger partial charge in [-0.15, -0.1) is 13.2 Å². The number of aryl methyl sites for hydroxylation is 2. The van der Waals surface area contributed by atoms with Crippen LogP contribution in [0.1, 0.15) is 61.3 Å². The van der Waals surface area contributed by atoms with Crippen molar-refractivity contribution in [3.05, 3.63) is 114 Å². The van der Waals surface area contributed by atoms with Gasteiger partial charge in [0.05, 0.1) is 51.4 Å². The van der Waals surface area contributed by atoms with Crippen LogP contribution < -0.4 is 33.0 Å². The highest BCUT2D eigenvalue weighted by Gasteiger charge is 2.33. The molecular weight excluding hydrogens is 731 g/mol. The van der Waals surface area contributed by atoms with Crippen molar-refractivity contribution in [2.75, 3.05) is 40.8 Å². The largest absolute Gasteiger partial charge is 0.493 e. The highest BCUT2D eigenvalue weighted by Crippen LogP contribution is 2.44. The summed E-state index contributed by atoms with van der Waals surface area (Å²) < 4.78 is 43.4. The lowest BCUT2D eigenvalue weighted by Gasteiger charge is -2.20. The van der Waals surface area contributed by atoms with E-state index in [2.05, 4.69) is 73.3 Å². The van der Waals surface area contributed by atoms with Crippen molar-refractivity contribution in [1.82, 2.24) is 0 Å². The molecule has 0 spiro atoms. The van der Waals surface area contributed by atoms with Crippen LogP contribution in [0.3, 0.4) is 0 Å². The van der Waals surface area contributed by atoms with Gasteiger partial charge in [-0.05, 0) is 116 Å². The number of nitrogens with zero attached hydrogens (tertiary/aromatic N) is 1. The van der Waals surface area contributed by atoms with Crippen LogP contribution in [0.5, 0.6) is 34.5 Å². The first-order valence-corrected chi connectivity index (χ1v) is 20.4. The molecule has 58 heavy (non-hydrogen) atoms. The quantitative estimate of drug-likeness (QED) is 0.0334. The van der Waals surface area contributed by atoms with Gasteiger partial charge in [0.25, 0.3) is 0 Å². The Hall–Kier alpha value is -5.96. The van der Waals surface area contributed by atoms with Crippen LogP contribution in [0.25, 0.3) is 33.2 Å². The maximum absolute atomic E-state index is 13.6. The van der Waals surface area contributed by atoms with E-state index in [1.807, 2.05) is 30.4 Å². The van der Waals surface area contributed by atoms with Crippen molar-refractivity contribution >= 4 is 16.7 Å². The van der Waals surface area contributed by atoms with Gasteiger partial charge in [0, 0.05) is 22.9 Å². The number of esters is 1. The van der Waals surface area contributed by atoms with Gasteiger partial charge >= 0.3 is 5.97 Å². The van der Waals surface area contributed by atoms with E-state index in [1.54, 1.807) is 14.2 Å². The van der Waals surface area contributed by atoms with Crippen LogP contribution in [0.2, 0.25) is 0 Å². The Balaban J connectivity index is 0.976. The Labute approximate surface area is 341 Å². The second-order valence-corrected chi connectivity index (χ2v) is 14.7. The first kappa shape index (κ1) is 40.2. The molecule has 0 fully saturated rings. The molecule has 3 heterocycles. The molecule has 0 unspecified atom stereocenters. The molecule has 4 aromatic carbocycles. The van der Waals surface area contributed by atoms with Crippen molar-refractivity contribution in [1.29, 1.82) is 0 Å². The third-order valence-electron chi connectivity index (χ3n) is 10.7. The molecule has 0 atom stereocenters. The van der Waals surface area contributed by atoms with Crippen molar-refractivity contribution in [2.24, 2.45) is 0 Å². The summed E-state index contributed by atoms with van der Waals surface area (Å²) in [5.41, 5.74) is 8.48. The summed E-state index contributed by atoms with van der Waals surface area (Å²) in [6.07, 6.45) is 12.8. The molecule has 302 valence electrons. The van der Waals surface area contributed by atoms with Gasteiger partial charge in [-0.2, -0.15) is 4.57 Å². The Morgan fingerprint density at radius 1 is 0.776 bits per heavy atom. The highest BCUT2D eigenvalue weighted by atomic mass is 16.7. The normalized spacial score (nSPS) is 12.4. The molecule has 2 aliphatic heterocycles. The summed E-state index contributed by atoms with van der Waals surface area (Å²) >= 11 is 0. The first-order chi connectivity index (χ1) is 28.5. The molecular formula is C49H54NO8+. The van der Waals surface area contributed by atoms with Crippen LogP contribution in [0.15, 0.2) is 92.2 Å². The molecule has 0 bridgehead atoms. The van der Waals surface area contributed by atoms with Gasteiger partial charge in [-0.1, -0.05) is 31.2 Å². The van der Waals surface area contributed by atoms with Gasteiger partial charge in [0.2, 0.25) is 12.5 Å². The SMILES string of the molecule is C=CCc1ccc(OCCCCCCOC(=O)Cc2c3[n+](cc4c(OC)c(OC)ccc24)CCc2cc4c(cc2-3)OCO4)c(-c2ccc(OCCC)c(CC=C)c2)c1. The second-order valence-electron chi connectivity index (χ2n) is 14.7. The number of pyridine rings is 1. The minimum atomic E-state index is -0.269. The summed E-state index contributed by atoms with van der Waals surface area (Å²) in [5.74, 6) is 4.22. The predicted octanol–water partition coefficient (Wildman–Crippen LogP) is 9.73. The average Bonchev–Trinajstić information content (AvgIpc) is 3.70. The molecule has 5 aromatic rings. The average molecular weight is 785 g/mol. The van der Waals surface area contributed by atoms with E-state index < -0.39 is 0 Å². The smallest absolute Gasteiger partial charge is 0.310 e. The van der Waals surface area contributed by atoms with Crippen molar-refractivity contribution in [3.63, 3.8) is 0 Å². The lowest BCUT2D eigenvalue weighted by molar-refractivity contribution is -0.686. The summed E-state index contributed by atoms with van der Waals surface area (Å²) in [7, 11) is 3.27. The van der Waals surface area contributed by atoms with Gasteiger partial charge in [0.1, 0.15) is 11.5 Å². The number of benzene rings is 4. The van der Waals surface area contributed by atoms with E-state index in [1.165, 1.54) is 5.56 Å². The van der Waals surface area contributed by atoms with E-state index in [9.17, 15) is 4.79 Å². The third kappa shape index (κ3) is 8.79.